The number of rotatable bonds is 7. The Bertz CT molecular complexity index is 3360. The molecule has 0 spiro atoms. The topological polar surface area (TPSA) is 38.7 Å². The molecule has 0 saturated carbocycles. The molecule has 2 heterocycles. The van der Waals surface area contributed by atoms with Crippen LogP contribution in [0.15, 0.2) is 194 Å². The highest BCUT2D eigenvalue weighted by molar-refractivity contribution is 6.25. The molecule has 290 valence electrons. The van der Waals surface area contributed by atoms with Crippen molar-refractivity contribution in [2.75, 3.05) is 0 Å². The maximum absolute atomic E-state index is 5.25. The molecule has 0 amide bonds. The summed E-state index contributed by atoms with van der Waals surface area (Å²) in [6.45, 7) is 9.15. The Kier molecular flexibility index (Phi) is 8.61. The molecule has 11 rings (SSSR count). The Morgan fingerprint density at radius 1 is 0.508 bits per heavy atom. The lowest BCUT2D eigenvalue weighted by atomic mass is 9.80. The first kappa shape index (κ1) is 36.6. The summed E-state index contributed by atoms with van der Waals surface area (Å²) in [5, 5.41) is 7.73. The maximum atomic E-state index is 5.25. The highest BCUT2D eigenvalue weighted by Crippen LogP contribution is 2.47. The molecule has 0 bridgehead atoms. The third kappa shape index (κ3) is 6.24. The quantitative estimate of drug-likeness (QED) is 0.151. The maximum Gasteiger partial charge on any atom is 0.160 e. The zero-order valence-electron chi connectivity index (χ0n) is 34.7. The summed E-state index contributed by atoms with van der Waals surface area (Å²) < 4.78 is 0. The van der Waals surface area contributed by atoms with Crippen molar-refractivity contribution in [1.82, 2.24) is 15.0 Å². The summed E-state index contributed by atoms with van der Waals surface area (Å²) in [4.78, 5) is 14.9. The number of benzene rings is 8. The van der Waals surface area contributed by atoms with Gasteiger partial charge >= 0.3 is 0 Å². The van der Waals surface area contributed by atoms with Gasteiger partial charge < -0.3 is 0 Å². The van der Waals surface area contributed by atoms with Gasteiger partial charge in [0.15, 0.2) is 5.82 Å². The van der Waals surface area contributed by atoms with Crippen molar-refractivity contribution < 1.29 is 0 Å². The van der Waals surface area contributed by atoms with Crippen molar-refractivity contribution in [3.63, 3.8) is 0 Å². The van der Waals surface area contributed by atoms with Crippen LogP contribution in [0, 0.1) is 0 Å². The van der Waals surface area contributed by atoms with Crippen molar-refractivity contribution >= 4 is 43.5 Å². The molecule has 0 N–H and O–H groups in total. The van der Waals surface area contributed by atoms with Crippen molar-refractivity contribution in [3.8, 4) is 56.2 Å². The van der Waals surface area contributed by atoms with Gasteiger partial charge in [-0.25, -0.2) is 9.97 Å². The summed E-state index contributed by atoms with van der Waals surface area (Å²) in [5.74, 6) is 0.687. The first-order chi connectivity index (χ1) is 29.8. The van der Waals surface area contributed by atoms with E-state index in [0.717, 1.165) is 44.8 Å². The van der Waals surface area contributed by atoms with Gasteiger partial charge in [-0.1, -0.05) is 172 Å². The molecule has 0 saturated heterocycles. The van der Waals surface area contributed by atoms with Gasteiger partial charge in [-0.05, 0) is 114 Å². The predicted octanol–water partition coefficient (Wildman–Crippen LogP) is 15.3. The van der Waals surface area contributed by atoms with E-state index in [2.05, 4.69) is 203 Å². The van der Waals surface area contributed by atoms with Crippen LogP contribution in [0.2, 0.25) is 0 Å². The number of nitrogens with zero attached hydrogens (tertiary/aromatic N) is 3. The summed E-state index contributed by atoms with van der Waals surface area (Å²) in [5.41, 5.74) is 17.2. The third-order valence-electron chi connectivity index (χ3n) is 12.9. The van der Waals surface area contributed by atoms with E-state index < -0.39 is 0 Å². The summed E-state index contributed by atoms with van der Waals surface area (Å²) >= 11 is 0. The first-order valence-corrected chi connectivity index (χ1v) is 21.1. The molecule has 3 nitrogen and oxygen atoms in total. The number of hydrogen-bond donors (Lipinski definition) is 0. The second-order valence-corrected chi connectivity index (χ2v) is 16.9. The molecule has 0 atom stereocenters. The Labute approximate surface area is 356 Å². The average molecular weight is 782 g/mol. The Morgan fingerprint density at radius 3 is 1.90 bits per heavy atom. The van der Waals surface area contributed by atoms with Crippen LogP contribution in [0.4, 0.5) is 0 Å². The summed E-state index contributed by atoms with van der Waals surface area (Å²) in [6, 6.07) is 61.2. The smallest absolute Gasteiger partial charge is 0.160 e. The van der Waals surface area contributed by atoms with E-state index in [4.69, 9.17) is 9.97 Å². The van der Waals surface area contributed by atoms with Crippen LogP contribution < -0.4 is 0 Å². The minimum absolute atomic E-state index is 0.0515. The van der Waals surface area contributed by atoms with E-state index in [1.165, 1.54) is 71.3 Å². The number of allylic oxidation sites excluding steroid dienone is 4. The summed E-state index contributed by atoms with van der Waals surface area (Å²) in [6.07, 6.45) is 6.09. The molecule has 61 heavy (non-hydrogen) atoms. The van der Waals surface area contributed by atoms with Gasteiger partial charge in [-0.3, -0.25) is 4.98 Å². The number of aromatic nitrogens is 3. The van der Waals surface area contributed by atoms with Crippen LogP contribution in [0.1, 0.15) is 44.4 Å². The van der Waals surface area contributed by atoms with E-state index in [9.17, 15) is 0 Å². The van der Waals surface area contributed by atoms with Crippen LogP contribution in [0.25, 0.3) is 99.6 Å². The van der Waals surface area contributed by atoms with Crippen LogP contribution in [0.3, 0.4) is 0 Å². The Hall–Kier alpha value is -7.49. The summed E-state index contributed by atoms with van der Waals surface area (Å²) in [7, 11) is 0. The lowest BCUT2D eigenvalue weighted by Crippen LogP contribution is -2.16. The second kappa shape index (κ2) is 14.4. The van der Waals surface area contributed by atoms with E-state index in [1.807, 2.05) is 12.3 Å². The molecule has 0 fully saturated rings. The number of hydrogen-bond acceptors (Lipinski definition) is 3. The first-order valence-electron chi connectivity index (χ1n) is 21.1. The molecule has 8 aromatic carbocycles. The van der Waals surface area contributed by atoms with Crippen LogP contribution >= 0.6 is 0 Å². The van der Waals surface area contributed by atoms with E-state index >= 15 is 0 Å². The van der Waals surface area contributed by atoms with Crippen LogP contribution in [-0.4, -0.2) is 15.0 Å². The molecule has 2 aromatic heterocycles. The number of pyridine rings is 1. The minimum Gasteiger partial charge on any atom is -0.264 e. The van der Waals surface area contributed by atoms with E-state index in [-0.39, 0.29) is 5.41 Å². The van der Waals surface area contributed by atoms with Crippen LogP contribution in [-0.2, 0) is 5.41 Å². The van der Waals surface area contributed by atoms with Crippen molar-refractivity contribution in [3.05, 3.63) is 211 Å². The van der Waals surface area contributed by atoms with Gasteiger partial charge in [0.1, 0.15) is 0 Å². The van der Waals surface area contributed by atoms with E-state index in [0.29, 0.717) is 5.82 Å². The van der Waals surface area contributed by atoms with Crippen molar-refractivity contribution in [2.45, 2.75) is 33.1 Å². The zero-order valence-corrected chi connectivity index (χ0v) is 34.7. The third-order valence-corrected chi connectivity index (χ3v) is 12.9. The largest absolute Gasteiger partial charge is 0.264 e. The molecule has 0 unspecified atom stereocenters. The van der Waals surface area contributed by atoms with Crippen LogP contribution in [0.5, 0.6) is 0 Å². The minimum atomic E-state index is -0.0515. The van der Waals surface area contributed by atoms with Gasteiger partial charge in [0.25, 0.3) is 0 Å². The monoisotopic (exact) mass is 781 g/mol. The fraction of sp³-hybridized carbons (Fsp3) is 0.0862. The lowest BCUT2D eigenvalue weighted by molar-refractivity contribution is 0.654. The molecule has 1 aliphatic rings. The second-order valence-electron chi connectivity index (χ2n) is 16.9. The molecule has 0 aliphatic heterocycles. The predicted molar refractivity (Wildman–Crippen MR) is 256 cm³/mol. The molecule has 1 aliphatic carbocycles. The van der Waals surface area contributed by atoms with Gasteiger partial charge in [0.05, 0.1) is 11.4 Å². The molecule has 0 radical (unpaired) electrons. The average Bonchev–Trinajstić information content (AvgIpc) is 3.51. The zero-order chi connectivity index (χ0) is 41.2. The van der Waals surface area contributed by atoms with Gasteiger partial charge in [-0.15, -0.1) is 0 Å². The van der Waals surface area contributed by atoms with Gasteiger partial charge in [-0.2, -0.15) is 0 Å². The normalized spacial score (nSPS) is 13.7. The highest BCUT2D eigenvalue weighted by Gasteiger charge is 2.34. The molecule has 3 heteroatoms. The molecular formula is C58H43N3. The molecule has 10 aromatic rings. The van der Waals surface area contributed by atoms with E-state index in [1.54, 1.807) is 6.20 Å². The fourth-order valence-electron chi connectivity index (χ4n) is 9.66. The standard InChI is InChI=1S/C58H43N3/c1-36(32-52-37(2)48-15-5-6-16-51(48)58(52,3)4)38-17-21-40(22-18-38)53-34-54(46-13-8-12-45(33-46)47-14-9-31-59-35-47)61-57(60-53)44-25-19-39(20-26-44)49-29-27-43-24-23-41-10-7-11-42-28-30-50(49)56(43)55(41)42/h5-35H,1-4H3/b36-32+. The van der Waals surface area contributed by atoms with Gasteiger partial charge in [0.2, 0.25) is 0 Å². The van der Waals surface area contributed by atoms with Gasteiger partial charge in [0, 0.05) is 40.1 Å². The van der Waals surface area contributed by atoms with Crippen molar-refractivity contribution in [2.24, 2.45) is 0 Å². The highest BCUT2D eigenvalue weighted by atomic mass is 14.9. The Balaban J connectivity index is 0.979. The fourth-order valence-corrected chi connectivity index (χ4v) is 9.66. The number of fused-ring (bicyclic) bond motifs is 1. The Morgan fingerprint density at radius 2 is 1.15 bits per heavy atom. The van der Waals surface area contributed by atoms with Crippen molar-refractivity contribution in [1.29, 1.82) is 0 Å². The lowest BCUT2D eigenvalue weighted by Gasteiger charge is -2.23. The SMILES string of the molecule is CC1=C(/C=C(\C)c2ccc(-c3cc(-c4cccc(-c5cccnc5)c4)nc(-c4ccc(-c5ccc6ccc7cccc8ccc5c6c78)cc4)n3)cc2)C(C)(C)c2ccccc21. The molecular weight excluding hydrogens is 739 g/mol.